The van der Waals surface area contributed by atoms with E-state index in [0.717, 1.165) is 11.2 Å². The first-order valence-electron chi connectivity index (χ1n) is 19.6. The Morgan fingerprint density at radius 2 is 0.946 bits per heavy atom. The summed E-state index contributed by atoms with van der Waals surface area (Å²) in [5, 5.41) is 12.3. The van der Waals surface area contributed by atoms with Gasteiger partial charge in [0, 0.05) is 21.8 Å². The molecule has 0 aliphatic heterocycles. The fourth-order valence-electron chi connectivity index (χ4n) is 9.94. The number of furan rings is 1. The maximum absolute atomic E-state index is 6.79. The maximum atomic E-state index is 6.79. The molecule has 11 aromatic rings. The summed E-state index contributed by atoms with van der Waals surface area (Å²) in [7, 11) is 0. The molecule has 10 aromatic carbocycles. The highest BCUT2D eigenvalue weighted by atomic mass is 16.3. The van der Waals surface area contributed by atoms with Crippen LogP contribution >= 0.6 is 0 Å². The smallest absolute Gasteiger partial charge is 0.143 e. The third kappa shape index (κ3) is 4.37. The van der Waals surface area contributed by atoms with Crippen molar-refractivity contribution in [2.24, 2.45) is 0 Å². The molecule has 262 valence electrons. The Bertz CT molecular complexity index is 3370. The molecule has 1 heterocycles. The lowest BCUT2D eigenvalue weighted by molar-refractivity contribution is 0.653. The Labute approximate surface area is 325 Å². The molecule has 12 rings (SSSR count). The Kier molecular flexibility index (Phi) is 6.46. The lowest BCUT2D eigenvalue weighted by Crippen LogP contribution is -2.14. The predicted molar refractivity (Wildman–Crippen MR) is 238 cm³/mol. The van der Waals surface area contributed by atoms with Gasteiger partial charge in [0.25, 0.3) is 0 Å². The molecule has 1 aliphatic rings. The average molecular weight is 713 g/mol. The van der Waals surface area contributed by atoms with E-state index in [9.17, 15) is 0 Å². The molecular formula is C55H36O. The summed E-state index contributed by atoms with van der Waals surface area (Å²) in [6.07, 6.45) is 0. The molecule has 1 heteroatoms. The minimum absolute atomic E-state index is 0.0601. The third-order valence-electron chi connectivity index (χ3n) is 12.6. The van der Waals surface area contributed by atoms with Crippen molar-refractivity contribution in [1.82, 2.24) is 0 Å². The van der Waals surface area contributed by atoms with E-state index in [4.69, 9.17) is 4.42 Å². The summed E-state index contributed by atoms with van der Waals surface area (Å²) in [5.74, 6) is 0. The summed E-state index contributed by atoms with van der Waals surface area (Å²) in [6.45, 7) is 4.64. The van der Waals surface area contributed by atoms with Gasteiger partial charge in [-0.15, -0.1) is 0 Å². The van der Waals surface area contributed by atoms with Crippen molar-refractivity contribution in [1.29, 1.82) is 0 Å². The molecule has 1 aromatic heterocycles. The molecule has 0 N–H and O–H groups in total. The molecule has 0 unspecified atom stereocenters. The largest absolute Gasteiger partial charge is 0.455 e. The zero-order chi connectivity index (χ0) is 37.1. The topological polar surface area (TPSA) is 13.1 Å². The second-order valence-corrected chi connectivity index (χ2v) is 16.0. The lowest BCUT2D eigenvalue weighted by atomic mass is 9.82. The molecule has 0 saturated carbocycles. The van der Waals surface area contributed by atoms with Gasteiger partial charge in [0.1, 0.15) is 11.2 Å². The van der Waals surface area contributed by atoms with E-state index in [2.05, 4.69) is 196 Å². The van der Waals surface area contributed by atoms with Crippen LogP contribution in [0.5, 0.6) is 0 Å². The Hall–Kier alpha value is -6.96. The van der Waals surface area contributed by atoms with Crippen LogP contribution in [0.2, 0.25) is 0 Å². The summed E-state index contributed by atoms with van der Waals surface area (Å²) in [4.78, 5) is 0. The average Bonchev–Trinajstić information content (AvgIpc) is 3.72. The van der Waals surface area contributed by atoms with Gasteiger partial charge in [-0.2, -0.15) is 0 Å². The summed E-state index contributed by atoms with van der Waals surface area (Å²) >= 11 is 0. The van der Waals surface area contributed by atoms with Crippen LogP contribution in [0.3, 0.4) is 0 Å². The first-order chi connectivity index (χ1) is 27.5. The van der Waals surface area contributed by atoms with Gasteiger partial charge in [0.15, 0.2) is 0 Å². The predicted octanol–water partition coefficient (Wildman–Crippen LogP) is 15.5. The Balaban J connectivity index is 0.976. The fourth-order valence-corrected chi connectivity index (χ4v) is 9.94. The standard InChI is InChI=1S/C55H36O/c1-55(2)48-21-10-9-19-46(48)53-49(55)29-28-45-47-31-37-27-26-36(30-38(37)32-50(47)56-54(45)53)33-22-24-35(25-23-33)51-41-15-5-7-17-43(41)52(44-18-8-6-16-42(44)51)40-20-11-13-34-12-3-4-14-39(34)40/h3-32H,1-2H3. The van der Waals surface area contributed by atoms with Crippen LogP contribution in [-0.2, 0) is 5.41 Å². The normalized spacial score (nSPS) is 13.3. The molecule has 56 heavy (non-hydrogen) atoms. The number of hydrogen-bond donors (Lipinski definition) is 0. The van der Waals surface area contributed by atoms with E-state index in [1.54, 1.807) is 0 Å². The van der Waals surface area contributed by atoms with Crippen molar-refractivity contribution in [3.63, 3.8) is 0 Å². The van der Waals surface area contributed by atoms with E-state index in [1.807, 2.05) is 0 Å². The molecule has 0 atom stereocenters. The first kappa shape index (κ1) is 31.4. The molecule has 0 saturated heterocycles. The SMILES string of the molecule is CC1(C)c2ccccc2-c2c1ccc1c2oc2cc3cc(-c4ccc(-c5c6ccccc6c(-c6cccc7ccccc67)c6ccccc56)cc4)ccc3cc21. The minimum Gasteiger partial charge on any atom is -0.455 e. The van der Waals surface area contributed by atoms with Crippen LogP contribution in [0, 0.1) is 0 Å². The van der Waals surface area contributed by atoms with Crippen molar-refractivity contribution in [3.8, 4) is 44.5 Å². The second kappa shape index (κ2) is 11.5. The van der Waals surface area contributed by atoms with Gasteiger partial charge < -0.3 is 4.42 Å². The van der Waals surface area contributed by atoms with E-state index in [-0.39, 0.29) is 5.41 Å². The third-order valence-corrected chi connectivity index (χ3v) is 12.6. The molecule has 0 bridgehead atoms. The molecular weight excluding hydrogens is 677 g/mol. The van der Waals surface area contributed by atoms with Gasteiger partial charge in [-0.3, -0.25) is 0 Å². The highest BCUT2D eigenvalue weighted by Crippen LogP contribution is 2.53. The zero-order valence-electron chi connectivity index (χ0n) is 31.2. The quantitative estimate of drug-likeness (QED) is 0.166. The molecule has 1 nitrogen and oxygen atoms in total. The summed E-state index contributed by atoms with van der Waals surface area (Å²) < 4.78 is 6.79. The maximum Gasteiger partial charge on any atom is 0.143 e. The Morgan fingerprint density at radius 3 is 1.71 bits per heavy atom. The number of rotatable bonds is 3. The number of fused-ring (bicyclic) bond motifs is 11. The highest BCUT2D eigenvalue weighted by molar-refractivity contribution is 6.23. The van der Waals surface area contributed by atoms with Gasteiger partial charge in [0.05, 0.1) is 0 Å². The van der Waals surface area contributed by atoms with Gasteiger partial charge in [-0.25, -0.2) is 0 Å². The van der Waals surface area contributed by atoms with Crippen molar-refractivity contribution < 1.29 is 4.42 Å². The summed E-state index contributed by atoms with van der Waals surface area (Å²) in [5.41, 5.74) is 14.5. The Morgan fingerprint density at radius 1 is 0.339 bits per heavy atom. The van der Waals surface area contributed by atoms with Crippen LogP contribution in [0.15, 0.2) is 186 Å². The minimum atomic E-state index is -0.0601. The van der Waals surface area contributed by atoms with Crippen LogP contribution in [0.25, 0.3) is 110 Å². The highest BCUT2D eigenvalue weighted by Gasteiger charge is 2.37. The molecule has 0 amide bonds. The van der Waals surface area contributed by atoms with Crippen molar-refractivity contribution in [2.45, 2.75) is 19.3 Å². The van der Waals surface area contributed by atoms with Gasteiger partial charge in [-0.1, -0.05) is 178 Å². The molecule has 1 aliphatic carbocycles. The number of benzene rings is 10. The zero-order valence-corrected chi connectivity index (χ0v) is 31.2. The molecule has 0 fully saturated rings. The van der Waals surface area contributed by atoms with Crippen LogP contribution in [-0.4, -0.2) is 0 Å². The van der Waals surface area contributed by atoms with Crippen LogP contribution < -0.4 is 0 Å². The van der Waals surface area contributed by atoms with E-state index < -0.39 is 0 Å². The van der Waals surface area contributed by atoms with Gasteiger partial charge in [-0.05, 0) is 111 Å². The van der Waals surface area contributed by atoms with E-state index in [1.165, 1.54) is 109 Å². The second-order valence-electron chi connectivity index (χ2n) is 16.0. The van der Waals surface area contributed by atoms with Crippen LogP contribution in [0.1, 0.15) is 25.0 Å². The van der Waals surface area contributed by atoms with Gasteiger partial charge >= 0.3 is 0 Å². The van der Waals surface area contributed by atoms with Gasteiger partial charge in [0.2, 0.25) is 0 Å². The monoisotopic (exact) mass is 712 g/mol. The van der Waals surface area contributed by atoms with Crippen molar-refractivity contribution in [3.05, 3.63) is 193 Å². The molecule has 0 spiro atoms. The van der Waals surface area contributed by atoms with Crippen molar-refractivity contribution >= 4 is 65.0 Å². The number of hydrogen-bond acceptors (Lipinski definition) is 1. The van der Waals surface area contributed by atoms with E-state index in [0.29, 0.717) is 0 Å². The lowest BCUT2D eigenvalue weighted by Gasteiger charge is -2.21. The summed E-state index contributed by atoms with van der Waals surface area (Å²) in [6, 6.07) is 67.1. The van der Waals surface area contributed by atoms with Crippen molar-refractivity contribution in [2.75, 3.05) is 0 Å². The van der Waals surface area contributed by atoms with Crippen LogP contribution in [0.4, 0.5) is 0 Å². The van der Waals surface area contributed by atoms with E-state index >= 15 is 0 Å². The first-order valence-corrected chi connectivity index (χ1v) is 19.6. The molecule has 0 radical (unpaired) electrons. The fraction of sp³-hybridized carbons (Fsp3) is 0.0545.